The molecule has 2 aliphatic carbocycles. The van der Waals surface area contributed by atoms with E-state index in [0.29, 0.717) is 29.7 Å². The Bertz CT molecular complexity index is 717. The molecule has 0 spiro atoms. The van der Waals surface area contributed by atoms with Crippen LogP contribution in [-0.4, -0.2) is 25.1 Å². The number of primary amides is 1. The van der Waals surface area contributed by atoms with E-state index >= 15 is 0 Å². The summed E-state index contributed by atoms with van der Waals surface area (Å²) in [5, 5.41) is 0. The summed E-state index contributed by atoms with van der Waals surface area (Å²) in [6, 6.07) is 1.72. The fraction of sp³-hybridized carbons (Fsp3) is 0.647. The molecular weight excluding hydrogens is 312 g/mol. The number of hydrogen-bond donors (Lipinski definition) is 1. The van der Waals surface area contributed by atoms with Gasteiger partial charge in [-0.05, 0) is 50.2 Å². The van der Waals surface area contributed by atoms with E-state index < -0.39 is 20.5 Å². The van der Waals surface area contributed by atoms with E-state index in [1.807, 2.05) is 0 Å². The molecule has 1 amide bonds. The zero-order chi connectivity index (χ0) is 16.7. The third-order valence-corrected chi connectivity index (χ3v) is 7.95. The molecule has 2 saturated carbocycles. The van der Waals surface area contributed by atoms with Gasteiger partial charge in [0.1, 0.15) is 4.75 Å². The number of sulfone groups is 1. The Labute approximate surface area is 137 Å². The van der Waals surface area contributed by atoms with E-state index in [1.54, 1.807) is 19.2 Å². The van der Waals surface area contributed by atoms with Crippen LogP contribution < -0.4 is 5.73 Å². The number of amides is 1. The van der Waals surface area contributed by atoms with E-state index in [-0.39, 0.29) is 11.7 Å². The van der Waals surface area contributed by atoms with Crippen molar-refractivity contribution in [2.75, 3.05) is 5.75 Å². The SMILES string of the molecule is Cc1ccnc(C2(S(=O)(=O)CC3CC3)CCCCC2)c1C(N)=O. The minimum absolute atomic E-state index is 0.209. The van der Waals surface area contributed by atoms with Gasteiger partial charge in [-0.15, -0.1) is 0 Å². The molecule has 5 nitrogen and oxygen atoms in total. The first kappa shape index (κ1) is 16.4. The molecule has 0 saturated heterocycles. The molecule has 0 bridgehead atoms. The normalized spacial score (nSPS) is 21.1. The average molecular weight is 336 g/mol. The maximum atomic E-state index is 13.3. The Hall–Kier alpha value is -1.43. The van der Waals surface area contributed by atoms with Crippen LogP contribution in [0.5, 0.6) is 0 Å². The minimum atomic E-state index is -3.38. The highest BCUT2D eigenvalue weighted by Crippen LogP contribution is 2.47. The van der Waals surface area contributed by atoms with Crippen LogP contribution in [0.15, 0.2) is 12.3 Å². The molecule has 1 heterocycles. The number of carbonyl (C=O) groups excluding carboxylic acids is 1. The monoisotopic (exact) mass is 336 g/mol. The minimum Gasteiger partial charge on any atom is -0.366 e. The van der Waals surface area contributed by atoms with E-state index in [2.05, 4.69) is 4.98 Å². The lowest BCUT2D eigenvalue weighted by atomic mass is 9.83. The van der Waals surface area contributed by atoms with E-state index in [4.69, 9.17) is 5.73 Å². The highest BCUT2D eigenvalue weighted by Gasteiger charge is 2.50. The number of nitrogens with two attached hydrogens (primary N) is 1. The Morgan fingerprint density at radius 1 is 1.30 bits per heavy atom. The first-order chi connectivity index (χ1) is 10.9. The van der Waals surface area contributed by atoms with Crippen LogP contribution >= 0.6 is 0 Å². The largest absolute Gasteiger partial charge is 0.366 e. The van der Waals surface area contributed by atoms with Crippen molar-refractivity contribution < 1.29 is 13.2 Å². The standard InChI is InChI=1S/C17H24N2O3S/c1-12-7-10-19-15(14(12)16(18)20)17(8-3-2-4-9-17)23(21,22)11-13-5-6-13/h7,10,13H,2-6,8-9,11H2,1H3,(H2,18,20). The second-order valence-electron chi connectivity index (χ2n) is 7.00. The Morgan fingerprint density at radius 2 is 1.96 bits per heavy atom. The number of pyridine rings is 1. The molecule has 1 aromatic heterocycles. The number of rotatable bonds is 5. The summed E-state index contributed by atoms with van der Waals surface area (Å²) >= 11 is 0. The number of aryl methyl sites for hydroxylation is 1. The molecule has 0 aliphatic heterocycles. The van der Waals surface area contributed by atoms with Gasteiger partial charge in [-0.2, -0.15) is 0 Å². The van der Waals surface area contributed by atoms with Crippen molar-refractivity contribution in [1.29, 1.82) is 0 Å². The quantitative estimate of drug-likeness (QED) is 0.894. The van der Waals surface area contributed by atoms with Crippen molar-refractivity contribution in [1.82, 2.24) is 4.98 Å². The summed E-state index contributed by atoms with van der Waals surface area (Å²) in [6.45, 7) is 1.79. The zero-order valence-electron chi connectivity index (χ0n) is 13.5. The van der Waals surface area contributed by atoms with Crippen molar-refractivity contribution >= 4 is 15.7 Å². The fourth-order valence-electron chi connectivity index (χ4n) is 3.79. The summed E-state index contributed by atoms with van der Waals surface area (Å²) in [7, 11) is -3.38. The van der Waals surface area contributed by atoms with Crippen molar-refractivity contribution in [3.8, 4) is 0 Å². The summed E-state index contributed by atoms with van der Waals surface area (Å²) in [6.07, 6.45) is 7.37. The van der Waals surface area contributed by atoms with E-state index in [0.717, 1.165) is 32.1 Å². The maximum Gasteiger partial charge on any atom is 0.250 e. The van der Waals surface area contributed by atoms with Crippen molar-refractivity contribution in [3.05, 3.63) is 29.1 Å². The number of aromatic nitrogens is 1. The Balaban J connectivity index is 2.17. The van der Waals surface area contributed by atoms with Gasteiger partial charge in [0.05, 0.1) is 17.0 Å². The smallest absolute Gasteiger partial charge is 0.250 e. The van der Waals surface area contributed by atoms with Crippen LogP contribution in [0.4, 0.5) is 0 Å². The van der Waals surface area contributed by atoms with Crippen LogP contribution in [0.25, 0.3) is 0 Å². The van der Waals surface area contributed by atoms with Crippen molar-refractivity contribution in [2.24, 2.45) is 11.7 Å². The molecule has 23 heavy (non-hydrogen) atoms. The second-order valence-corrected chi connectivity index (χ2v) is 9.34. The molecule has 0 atom stereocenters. The predicted octanol–water partition coefficient (Wildman–Crippen LogP) is 2.47. The highest BCUT2D eigenvalue weighted by atomic mass is 32.2. The van der Waals surface area contributed by atoms with Crippen LogP contribution in [0.2, 0.25) is 0 Å². The van der Waals surface area contributed by atoms with Crippen LogP contribution in [0, 0.1) is 12.8 Å². The molecule has 0 aromatic carbocycles. The first-order valence-electron chi connectivity index (χ1n) is 8.35. The summed E-state index contributed by atoms with van der Waals surface area (Å²) in [5.74, 6) is -0.0984. The third-order valence-electron chi connectivity index (χ3n) is 5.25. The number of nitrogens with zero attached hydrogens (tertiary/aromatic N) is 1. The van der Waals surface area contributed by atoms with Crippen molar-refractivity contribution in [3.63, 3.8) is 0 Å². The van der Waals surface area contributed by atoms with E-state index in [9.17, 15) is 13.2 Å². The van der Waals surface area contributed by atoms with E-state index in [1.165, 1.54) is 0 Å². The van der Waals surface area contributed by atoms with Crippen molar-refractivity contribution in [2.45, 2.75) is 56.6 Å². The summed E-state index contributed by atoms with van der Waals surface area (Å²) in [5.41, 5.74) is 6.96. The first-order valence-corrected chi connectivity index (χ1v) is 10.0. The lowest BCUT2D eigenvalue weighted by Gasteiger charge is -2.37. The van der Waals surface area contributed by atoms with Gasteiger partial charge in [-0.25, -0.2) is 8.42 Å². The van der Waals surface area contributed by atoms with Gasteiger partial charge in [-0.3, -0.25) is 9.78 Å². The van der Waals surface area contributed by atoms with Gasteiger partial charge in [0.25, 0.3) is 5.91 Å². The van der Waals surface area contributed by atoms with Gasteiger partial charge in [-0.1, -0.05) is 19.3 Å². The predicted molar refractivity (Wildman–Crippen MR) is 88.8 cm³/mol. The molecule has 2 aliphatic rings. The highest BCUT2D eigenvalue weighted by molar-refractivity contribution is 7.92. The summed E-state index contributed by atoms with van der Waals surface area (Å²) < 4.78 is 25.5. The lowest BCUT2D eigenvalue weighted by molar-refractivity contribution is 0.0997. The molecule has 3 rings (SSSR count). The maximum absolute atomic E-state index is 13.3. The zero-order valence-corrected chi connectivity index (χ0v) is 14.4. The molecular formula is C17H24N2O3S. The molecule has 2 fully saturated rings. The van der Waals surface area contributed by atoms with Crippen LogP contribution in [0.3, 0.4) is 0 Å². The molecule has 126 valence electrons. The Kier molecular flexibility index (Phi) is 4.21. The van der Waals surface area contributed by atoms with Crippen LogP contribution in [-0.2, 0) is 14.6 Å². The van der Waals surface area contributed by atoms with Gasteiger partial charge >= 0.3 is 0 Å². The molecule has 0 unspecified atom stereocenters. The molecule has 1 aromatic rings. The number of hydrogen-bond acceptors (Lipinski definition) is 4. The topological polar surface area (TPSA) is 90.1 Å². The molecule has 2 N–H and O–H groups in total. The lowest BCUT2D eigenvalue weighted by Crippen LogP contribution is -2.42. The molecule has 0 radical (unpaired) electrons. The second kappa shape index (κ2) is 5.89. The van der Waals surface area contributed by atoms with Crippen LogP contribution in [0.1, 0.15) is 66.6 Å². The Morgan fingerprint density at radius 3 is 2.52 bits per heavy atom. The van der Waals surface area contributed by atoms with Gasteiger partial charge in [0.2, 0.25) is 0 Å². The average Bonchev–Trinajstić information content (AvgIpc) is 3.30. The van der Waals surface area contributed by atoms with Gasteiger partial charge in [0.15, 0.2) is 9.84 Å². The fourth-order valence-corrected chi connectivity index (χ4v) is 6.42. The van der Waals surface area contributed by atoms with Gasteiger partial charge < -0.3 is 5.73 Å². The summed E-state index contributed by atoms with van der Waals surface area (Å²) in [4.78, 5) is 16.3. The number of carbonyl (C=O) groups is 1. The third kappa shape index (κ3) is 2.89. The van der Waals surface area contributed by atoms with Gasteiger partial charge in [0, 0.05) is 6.20 Å². The molecule has 6 heteroatoms.